The number of likely N-dealkylation sites (tertiary alicyclic amines) is 2. The molecule has 3 rings (SSSR count). The summed E-state index contributed by atoms with van der Waals surface area (Å²) >= 11 is 1.82. The molecule has 2 fully saturated rings. The summed E-state index contributed by atoms with van der Waals surface area (Å²) < 4.78 is 0. The van der Waals surface area contributed by atoms with E-state index < -0.39 is 5.97 Å². The fraction of sp³-hybridized carbons (Fsp3) is 0.706. The number of rotatable bonds is 5. The molecular weight excluding hydrogens is 296 g/mol. The maximum absolute atomic E-state index is 11.5. The van der Waals surface area contributed by atoms with Crippen LogP contribution in [-0.4, -0.2) is 53.1 Å². The van der Waals surface area contributed by atoms with Gasteiger partial charge < -0.3 is 5.11 Å². The van der Waals surface area contributed by atoms with Gasteiger partial charge in [-0.15, -0.1) is 11.3 Å². The highest BCUT2D eigenvalue weighted by Crippen LogP contribution is 2.43. The van der Waals surface area contributed by atoms with Crippen LogP contribution in [0.15, 0.2) is 17.5 Å². The minimum atomic E-state index is -0.633. The lowest BCUT2D eigenvalue weighted by Crippen LogP contribution is -2.41. The van der Waals surface area contributed by atoms with E-state index in [0.717, 1.165) is 58.4 Å². The van der Waals surface area contributed by atoms with E-state index in [4.69, 9.17) is 0 Å². The molecule has 0 amide bonds. The Balaban J connectivity index is 1.58. The van der Waals surface area contributed by atoms with E-state index in [-0.39, 0.29) is 11.5 Å². The van der Waals surface area contributed by atoms with Crippen LogP contribution in [0.4, 0.5) is 0 Å². The Bertz CT molecular complexity index is 495. The molecule has 0 aromatic carbocycles. The quantitative estimate of drug-likeness (QED) is 0.905. The number of hydrogen-bond donors (Lipinski definition) is 1. The molecule has 0 unspecified atom stereocenters. The lowest BCUT2D eigenvalue weighted by molar-refractivity contribution is -0.142. The van der Waals surface area contributed by atoms with Crippen molar-refractivity contribution in [2.75, 3.05) is 26.2 Å². The van der Waals surface area contributed by atoms with Gasteiger partial charge in [-0.25, -0.2) is 0 Å². The molecule has 1 N–H and O–H groups in total. The molecule has 1 spiro atoms. The molecule has 2 aliphatic heterocycles. The number of nitrogens with zero attached hydrogens (tertiary/aromatic N) is 2. The van der Waals surface area contributed by atoms with Crippen LogP contribution in [0.1, 0.15) is 37.5 Å². The van der Waals surface area contributed by atoms with Gasteiger partial charge in [-0.2, -0.15) is 0 Å². The maximum atomic E-state index is 11.5. The number of carboxylic acids is 1. The second kappa shape index (κ2) is 6.69. The molecule has 2 saturated heterocycles. The summed E-state index contributed by atoms with van der Waals surface area (Å²) in [6.45, 7) is 7.28. The molecule has 1 aromatic heterocycles. The average molecular weight is 322 g/mol. The van der Waals surface area contributed by atoms with E-state index in [2.05, 4.69) is 34.2 Å². The third-order valence-electron chi connectivity index (χ3n) is 5.28. The van der Waals surface area contributed by atoms with Crippen LogP contribution in [0.25, 0.3) is 0 Å². The zero-order chi connectivity index (χ0) is 15.6. The Morgan fingerprint density at radius 1 is 1.45 bits per heavy atom. The van der Waals surface area contributed by atoms with E-state index in [1.807, 2.05) is 11.3 Å². The first-order valence-electron chi connectivity index (χ1n) is 8.33. The van der Waals surface area contributed by atoms with Crippen LogP contribution in [-0.2, 0) is 11.3 Å². The van der Waals surface area contributed by atoms with E-state index in [1.165, 1.54) is 4.88 Å². The Kier molecular flexibility index (Phi) is 4.85. The van der Waals surface area contributed by atoms with Gasteiger partial charge in [0.25, 0.3) is 0 Å². The summed E-state index contributed by atoms with van der Waals surface area (Å²) in [6, 6.07) is 4.06. The number of hydrogen-bond acceptors (Lipinski definition) is 4. The maximum Gasteiger partial charge on any atom is 0.320 e. The van der Waals surface area contributed by atoms with E-state index in [1.54, 1.807) is 0 Å². The molecule has 1 aromatic rings. The van der Waals surface area contributed by atoms with Crippen molar-refractivity contribution in [1.82, 2.24) is 9.80 Å². The molecule has 3 heterocycles. The van der Waals surface area contributed by atoms with Crippen molar-refractivity contribution in [2.45, 2.75) is 45.2 Å². The van der Waals surface area contributed by atoms with Crippen LogP contribution in [0, 0.1) is 5.41 Å². The molecule has 0 bridgehead atoms. The van der Waals surface area contributed by atoms with Gasteiger partial charge in [0, 0.05) is 18.0 Å². The molecule has 122 valence electrons. The predicted octanol–water partition coefficient (Wildman–Crippen LogP) is 2.90. The van der Waals surface area contributed by atoms with E-state index >= 15 is 0 Å². The number of piperidine rings is 1. The minimum Gasteiger partial charge on any atom is -0.480 e. The highest BCUT2D eigenvalue weighted by Gasteiger charge is 2.47. The summed E-state index contributed by atoms with van der Waals surface area (Å²) in [5, 5.41) is 11.6. The lowest BCUT2D eigenvalue weighted by atomic mass is 9.76. The molecule has 1 atom stereocenters. The van der Waals surface area contributed by atoms with E-state index in [9.17, 15) is 9.90 Å². The smallest absolute Gasteiger partial charge is 0.320 e. The van der Waals surface area contributed by atoms with Crippen LogP contribution in [0.2, 0.25) is 0 Å². The van der Waals surface area contributed by atoms with Gasteiger partial charge >= 0.3 is 5.97 Å². The van der Waals surface area contributed by atoms with Crippen LogP contribution in [0.3, 0.4) is 0 Å². The Hall–Kier alpha value is -0.910. The monoisotopic (exact) mass is 322 g/mol. The molecule has 2 aliphatic rings. The third-order valence-corrected chi connectivity index (χ3v) is 6.14. The molecule has 5 heteroatoms. The van der Waals surface area contributed by atoms with Gasteiger partial charge in [0.05, 0.1) is 0 Å². The molecule has 0 radical (unpaired) electrons. The van der Waals surface area contributed by atoms with Crippen molar-refractivity contribution in [1.29, 1.82) is 0 Å². The van der Waals surface area contributed by atoms with Crippen LogP contribution < -0.4 is 0 Å². The summed E-state index contributed by atoms with van der Waals surface area (Å²) in [5.41, 5.74) is 0.240. The molecule has 4 nitrogen and oxygen atoms in total. The number of aliphatic carboxylic acids is 1. The lowest BCUT2D eigenvalue weighted by Gasteiger charge is -2.39. The second-order valence-electron chi connectivity index (χ2n) is 6.88. The molecule has 0 aliphatic carbocycles. The van der Waals surface area contributed by atoms with Crippen molar-refractivity contribution in [3.63, 3.8) is 0 Å². The molecular formula is C17H26N2O2S. The van der Waals surface area contributed by atoms with Gasteiger partial charge in [-0.05, 0) is 62.2 Å². The molecule has 0 saturated carbocycles. The standard InChI is InChI=1S/C17H26N2O2S/c1-2-7-19-13-17(11-15(19)16(20)21)5-8-18(9-6-17)12-14-4-3-10-22-14/h3-4,10,15H,2,5-9,11-13H2,1H3,(H,20,21)/t15-/m1/s1. The first kappa shape index (κ1) is 16.0. The van der Waals surface area contributed by atoms with Crippen molar-refractivity contribution >= 4 is 17.3 Å². The van der Waals surface area contributed by atoms with Crippen LogP contribution in [0.5, 0.6) is 0 Å². The fourth-order valence-corrected chi connectivity index (χ4v) is 4.83. The minimum absolute atomic E-state index is 0.240. The largest absolute Gasteiger partial charge is 0.480 e. The topological polar surface area (TPSA) is 43.8 Å². The summed E-state index contributed by atoms with van der Waals surface area (Å²) in [4.78, 5) is 17.7. The molecule has 22 heavy (non-hydrogen) atoms. The zero-order valence-corrected chi connectivity index (χ0v) is 14.1. The predicted molar refractivity (Wildman–Crippen MR) is 89.2 cm³/mol. The van der Waals surface area contributed by atoms with Crippen molar-refractivity contribution in [3.8, 4) is 0 Å². The van der Waals surface area contributed by atoms with Gasteiger partial charge in [0.2, 0.25) is 0 Å². The highest BCUT2D eigenvalue weighted by molar-refractivity contribution is 7.09. The van der Waals surface area contributed by atoms with Gasteiger partial charge in [-0.3, -0.25) is 14.6 Å². The van der Waals surface area contributed by atoms with Crippen molar-refractivity contribution in [3.05, 3.63) is 22.4 Å². The van der Waals surface area contributed by atoms with Crippen LogP contribution >= 0.6 is 11.3 Å². The first-order valence-corrected chi connectivity index (χ1v) is 9.21. The Labute approximate surface area is 136 Å². The first-order chi connectivity index (χ1) is 10.6. The summed E-state index contributed by atoms with van der Waals surface area (Å²) in [5.74, 6) is -0.633. The van der Waals surface area contributed by atoms with Gasteiger partial charge in [-0.1, -0.05) is 13.0 Å². The Morgan fingerprint density at radius 3 is 2.82 bits per heavy atom. The number of carbonyl (C=O) groups is 1. The van der Waals surface area contributed by atoms with Crippen molar-refractivity contribution < 1.29 is 9.90 Å². The fourth-order valence-electron chi connectivity index (χ4n) is 4.08. The number of carboxylic acid groups (broad SMARTS) is 1. The summed E-state index contributed by atoms with van der Waals surface area (Å²) in [7, 11) is 0. The Morgan fingerprint density at radius 2 is 2.23 bits per heavy atom. The van der Waals surface area contributed by atoms with Gasteiger partial charge in [0.15, 0.2) is 0 Å². The normalized spacial score (nSPS) is 25.8. The van der Waals surface area contributed by atoms with Gasteiger partial charge in [0.1, 0.15) is 6.04 Å². The van der Waals surface area contributed by atoms with Crippen molar-refractivity contribution in [2.24, 2.45) is 5.41 Å². The average Bonchev–Trinajstić information content (AvgIpc) is 3.11. The number of thiophene rings is 1. The second-order valence-corrected chi connectivity index (χ2v) is 7.92. The third kappa shape index (κ3) is 3.36. The summed E-state index contributed by atoms with van der Waals surface area (Å²) in [6.07, 6.45) is 4.16. The SMILES string of the molecule is CCCN1CC2(CCN(Cc3cccs3)CC2)C[C@@H]1C(=O)O. The van der Waals surface area contributed by atoms with E-state index in [0.29, 0.717) is 0 Å². The highest BCUT2D eigenvalue weighted by atomic mass is 32.1. The zero-order valence-electron chi connectivity index (χ0n) is 13.3.